The van der Waals surface area contributed by atoms with Crippen LogP contribution in [0.5, 0.6) is 0 Å². The molecule has 2 heterocycles. The Labute approximate surface area is 88.8 Å². The maximum Gasteiger partial charge on any atom is 0.167 e. The largest absolute Gasteiger partial charge is 0.381 e. The molecule has 2 rings (SSSR count). The van der Waals surface area contributed by atoms with Gasteiger partial charge in [0.2, 0.25) is 0 Å². The number of ether oxygens (including phenoxy) is 1. The van der Waals surface area contributed by atoms with Gasteiger partial charge in [-0.05, 0) is 30.7 Å². The van der Waals surface area contributed by atoms with Crippen molar-refractivity contribution in [2.24, 2.45) is 11.7 Å². The molecule has 1 saturated heterocycles. The summed E-state index contributed by atoms with van der Waals surface area (Å²) in [4.78, 5) is 0. The molecule has 1 aromatic heterocycles. The van der Waals surface area contributed by atoms with Crippen LogP contribution in [-0.2, 0) is 4.74 Å². The molecule has 0 aliphatic carbocycles. The number of nitrogens with two attached hydrogens (primary N) is 1. The molecule has 0 bridgehead atoms. The van der Waals surface area contributed by atoms with Crippen molar-refractivity contribution in [2.75, 3.05) is 13.2 Å². The number of aromatic nitrogens is 4. The van der Waals surface area contributed by atoms with Gasteiger partial charge < -0.3 is 10.5 Å². The summed E-state index contributed by atoms with van der Waals surface area (Å²) in [6.45, 7) is 5.63. The van der Waals surface area contributed by atoms with Crippen molar-refractivity contribution in [1.82, 2.24) is 20.2 Å². The van der Waals surface area contributed by atoms with E-state index in [9.17, 15) is 0 Å². The first-order valence-corrected chi connectivity index (χ1v) is 5.31. The lowest BCUT2D eigenvalue weighted by molar-refractivity contribution is 0.172. The van der Waals surface area contributed by atoms with E-state index in [1.165, 1.54) is 0 Å². The Hall–Kier alpha value is -1.01. The number of rotatable bonds is 3. The normalized spacial score (nSPS) is 25.4. The fourth-order valence-electron chi connectivity index (χ4n) is 1.92. The first-order chi connectivity index (χ1) is 7.20. The van der Waals surface area contributed by atoms with Gasteiger partial charge in [0.05, 0.1) is 18.7 Å². The van der Waals surface area contributed by atoms with Crippen molar-refractivity contribution in [1.29, 1.82) is 0 Å². The van der Waals surface area contributed by atoms with E-state index in [4.69, 9.17) is 10.5 Å². The van der Waals surface area contributed by atoms with E-state index >= 15 is 0 Å². The summed E-state index contributed by atoms with van der Waals surface area (Å²) >= 11 is 0. The first kappa shape index (κ1) is 10.5. The highest BCUT2D eigenvalue weighted by molar-refractivity contribution is 4.91. The fourth-order valence-corrected chi connectivity index (χ4v) is 1.92. The van der Waals surface area contributed by atoms with Crippen molar-refractivity contribution >= 4 is 0 Å². The van der Waals surface area contributed by atoms with E-state index in [1.807, 2.05) is 11.6 Å². The minimum absolute atomic E-state index is 0.134. The Balaban J connectivity index is 2.16. The fraction of sp³-hybridized carbons (Fsp3) is 0.889. The van der Waals surface area contributed by atoms with Crippen molar-refractivity contribution in [3.63, 3.8) is 0 Å². The summed E-state index contributed by atoms with van der Waals surface area (Å²) in [5, 5.41) is 11.6. The predicted molar refractivity (Wildman–Crippen MR) is 54.1 cm³/mol. The van der Waals surface area contributed by atoms with Gasteiger partial charge in [-0.25, -0.2) is 4.68 Å². The maximum atomic E-state index is 5.80. The molecule has 84 valence electrons. The number of nitrogens with zero attached hydrogens (tertiary/aromatic N) is 4. The summed E-state index contributed by atoms with van der Waals surface area (Å²) in [6.07, 6.45) is 1.07. The summed E-state index contributed by atoms with van der Waals surface area (Å²) < 4.78 is 7.19. The van der Waals surface area contributed by atoms with E-state index in [1.54, 1.807) is 0 Å². The molecule has 0 spiro atoms. The van der Waals surface area contributed by atoms with Gasteiger partial charge in [0.15, 0.2) is 5.82 Å². The first-order valence-electron chi connectivity index (χ1n) is 5.31. The highest BCUT2D eigenvalue weighted by Crippen LogP contribution is 2.26. The highest BCUT2D eigenvalue weighted by Gasteiger charge is 2.27. The van der Waals surface area contributed by atoms with Crippen LogP contribution in [0.15, 0.2) is 0 Å². The lowest BCUT2D eigenvalue weighted by atomic mass is 10.0. The Kier molecular flexibility index (Phi) is 2.97. The Morgan fingerprint density at radius 3 is 2.93 bits per heavy atom. The van der Waals surface area contributed by atoms with Crippen molar-refractivity contribution in [2.45, 2.75) is 32.4 Å². The zero-order chi connectivity index (χ0) is 10.8. The third-order valence-corrected chi connectivity index (χ3v) is 2.96. The molecule has 6 heteroatoms. The van der Waals surface area contributed by atoms with Crippen LogP contribution in [0.1, 0.15) is 38.2 Å². The second-order valence-corrected chi connectivity index (χ2v) is 4.13. The average molecular weight is 211 g/mol. The zero-order valence-electron chi connectivity index (χ0n) is 9.13. The summed E-state index contributed by atoms with van der Waals surface area (Å²) in [5.41, 5.74) is 5.80. The number of hydrogen-bond acceptors (Lipinski definition) is 5. The molecule has 15 heavy (non-hydrogen) atoms. The van der Waals surface area contributed by atoms with E-state index < -0.39 is 0 Å². The number of hydrogen-bond donors (Lipinski definition) is 1. The summed E-state index contributed by atoms with van der Waals surface area (Å²) in [7, 11) is 0. The van der Waals surface area contributed by atoms with Gasteiger partial charge in [0.25, 0.3) is 0 Å². The molecule has 0 saturated carbocycles. The maximum absolute atomic E-state index is 5.80. The second-order valence-electron chi connectivity index (χ2n) is 4.13. The van der Waals surface area contributed by atoms with Crippen LogP contribution in [0.25, 0.3) is 0 Å². The molecule has 1 fully saturated rings. The van der Waals surface area contributed by atoms with Gasteiger partial charge in [-0.15, -0.1) is 5.10 Å². The van der Waals surface area contributed by atoms with Crippen LogP contribution < -0.4 is 5.73 Å². The molecule has 0 amide bonds. The average Bonchev–Trinajstić information content (AvgIpc) is 2.88. The Bertz CT molecular complexity index is 318. The summed E-state index contributed by atoms with van der Waals surface area (Å²) in [6, 6.07) is 0.119. The molecule has 2 N–H and O–H groups in total. The topological polar surface area (TPSA) is 78.9 Å². The van der Waals surface area contributed by atoms with E-state index in [0.717, 1.165) is 25.5 Å². The molecule has 3 unspecified atom stereocenters. The van der Waals surface area contributed by atoms with Crippen LogP contribution in [0.3, 0.4) is 0 Å². The molecule has 6 nitrogen and oxygen atoms in total. The van der Waals surface area contributed by atoms with Crippen molar-refractivity contribution in [3.05, 3.63) is 5.82 Å². The van der Waals surface area contributed by atoms with Crippen LogP contribution in [0.4, 0.5) is 0 Å². The monoisotopic (exact) mass is 211 g/mol. The van der Waals surface area contributed by atoms with E-state index in [-0.39, 0.29) is 12.1 Å². The lowest BCUT2D eigenvalue weighted by Gasteiger charge is -2.19. The van der Waals surface area contributed by atoms with Crippen LogP contribution in [-0.4, -0.2) is 33.4 Å². The van der Waals surface area contributed by atoms with E-state index in [2.05, 4.69) is 22.4 Å². The standard InChI is InChI=1S/C9H17N5O/c1-6(10)9-11-12-13-14(9)7(2)8-3-4-15-5-8/h6-8H,3-5,10H2,1-2H3. The van der Waals surface area contributed by atoms with Crippen LogP contribution >= 0.6 is 0 Å². The third-order valence-electron chi connectivity index (χ3n) is 2.96. The smallest absolute Gasteiger partial charge is 0.167 e. The highest BCUT2D eigenvalue weighted by atomic mass is 16.5. The molecule has 0 radical (unpaired) electrons. The van der Waals surface area contributed by atoms with Crippen LogP contribution in [0.2, 0.25) is 0 Å². The van der Waals surface area contributed by atoms with Gasteiger partial charge in [-0.1, -0.05) is 0 Å². The van der Waals surface area contributed by atoms with Gasteiger partial charge in [-0.3, -0.25) is 0 Å². The van der Waals surface area contributed by atoms with Gasteiger partial charge in [-0.2, -0.15) is 0 Å². The lowest BCUT2D eigenvalue weighted by Crippen LogP contribution is -2.23. The van der Waals surface area contributed by atoms with Gasteiger partial charge >= 0.3 is 0 Å². The molecule has 3 atom stereocenters. The third kappa shape index (κ3) is 2.00. The quantitative estimate of drug-likeness (QED) is 0.777. The molecule has 1 aliphatic rings. The Morgan fingerprint density at radius 2 is 2.33 bits per heavy atom. The molecule has 0 aromatic carbocycles. The van der Waals surface area contributed by atoms with Gasteiger partial charge in [0, 0.05) is 12.5 Å². The molecule has 1 aromatic rings. The van der Waals surface area contributed by atoms with E-state index in [0.29, 0.717) is 5.92 Å². The van der Waals surface area contributed by atoms with Crippen molar-refractivity contribution in [3.8, 4) is 0 Å². The van der Waals surface area contributed by atoms with Crippen LogP contribution in [0, 0.1) is 5.92 Å². The molecule has 1 aliphatic heterocycles. The minimum Gasteiger partial charge on any atom is -0.381 e. The number of tetrazole rings is 1. The molecular weight excluding hydrogens is 194 g/mol. The summed E-state index contributed by atoms with van der Waals surface area (Å²) in [5.74, 6) is 1.24. The predicted octanol–water partition coefficient (Wildman–Crippen LogP) is 0.290. The SMILES string of the molecule is CC(N)c1nnnn1C(C)C1CCOC1. The Morgan fingerprint density at radius 1 is 1.53 bits per heavy atom. The van der Waals surface area contributed by atoms with Gasteiger partial charge in [0.1, 0.15) is 0 Å². The second kappa shape index (κ2) is 4.24. The molecular formula is C9H17N5O. The zero-order valence-corrected chi connectivity index (χ0v) is 9.13. The minimum atomic E-state index is -0.134. The van der Waals surface area contributed by atoms with Crippen molar-refractivity contribution < 1.29 is 4.74 Å².